The minimum Gasteiger partial charge on any atom is -0.493 e. The monoisotopic (exact) mass is 834 g/mol. The molecular weight excluding hydrogens is 781 g/mol. The maximum absolute atomic E-state index is 13.9. The van der Waals surface area contributed by atoms with E-state index in [0.29, 0.717) is 71.6 Å². The number of likely N-dealkylation sites (N-methyl/N-ethyl adjacent to an activating group) is 1. The largest absolute Gasteiger partial charge is 0.493 e. The molecule has 12 heteroatoms. The summed E-state index contributed by atoms with van der Waals surface area (Å²) in [4.78, 5) is 45.6. The molecule has 0 saturated carbocycles. The zero-order valence-corrected chi connectivity index (χ0v) is 36.0. The summed E-state index contributed by atoms with van der Waals surface area (Å²) in [6.45, 7) is 7.23. The number of benzene rings is 4. The van der Waals surface area contributed by atoms with Crippen molar-refractivity contribution in [3.05, 3.63) is 113 Å². The van der Waals surface area contributed by atoms with Crippen molar-refractivity contribution in [3.8, 4) is 23.0 Å². The van der Waals surface area contributed by atoms with Crippen LogP contribution >= 0.6 is 0 Å². The average molecular weight is 835 g/mol. The zero-order chi connectivity index (χ0) is 42.7. The van der Waals surface area contributed by atoms with Gasteiger partial charge < -0.3 is 38.5 Å². The predicted octanol–water partition coefficient (Wildman–Crippen LogP) is 8.59. The molecule has 4 aromatic rings. The number of carbonyl (C=O) groups excluding carboxylic acids is 2. The van der Waals surface area contributed by atoms with Crippen LogP contribution in [0.3, 0.4) is 0 Å². The van der Waals surface area contributed by atoms with Gasteiger partial charge in [0.2, 0.25) is 0 Å². The predicted molar refractivity (Wildman–Crippen MR) is 244 cm³/mol. The molecule has 5 aliphatic rings. The fourth-order valence-corrected chi connectivity index (χ4v) is 8.83. The Morgan fingerprint density at radius 2 is 1.18 bits per heavy atom. The minimum atomic E-state index is -0.168. The van der Waals surface area contributed by atoms with Crippen molar-refractivity contribution in [3.63, 3.8) is 0 Å². The number of anilines is 1. The Hall–Kier alpha value is -6.40. The van der Waals surface area contributed by atoms with Gasteiger partial charge in [-0.05, 0) is 84.8 Å². The Morgan fingerprint density at radius 1 is 0.629 bits per heavy atom. The van der Waals surface area contributed by atoms with E-state index in [1.54, 1.807) is 48.3 Å². The number of hydrogen-bond acceptors (Lipinski definition) is 10. The summed E-state index contributed by atoms with van der Waals surface area (Å²) in [5, 5.41) is 0. The van der Waals surface area contributed by atoms with Crippen molar-refractivity contribution in [1.29, 1.82) is 0 Å². The van der Waals surface area contributed by atoms with Crippen molar-refractivity contribution in [2.45, 2.75) is 57.5 Å². The van der Waals surface area contributed by atoms with Crippen molar-refractivity contribution in [1.82, 2.24) is 14.7 Å². The summed E-state index contributed by atoms with van der Waals surface area (Å²) in [6.07, 6.45) is 12.4. The van der Waals surface area contributed by atoms with Crippen molar-refractivity contribution in [2.24, 2.45) is 9.98 Å². The van der Waals surface area contributed by atoms with Gasteiger partial charge >= 0.3 is 0 Å². The van der Waals surface area contributed by atoms with Gasteiger partial charge in [-0.1, -0.05) is 43.3 Å². The number of fused-ring (bicyclic) bond motifs is 4. The summed E-state index contributed by atoms with van der Waals surface area (Å²) in [5.74, 6) is 1.87. The van der Waals surface area contributed by atoms with Crippen molar-refractivity contribution >= 4 is 52.5 Å². The average Bonchev–Trinajstić information content (AvgIpc) is 3.89. The van der Waals surface area contributed by atoms with Gasteiger partial charge in [-0.15, -0.1) is 0 Å². The molecule has 12 nitrogen and oxygen atoms in total. The maximum Gasteiger partial charge on any atom is 0.260 e. The number of hydrogen-bond donors (Lipinski definition) is 0. The molecule has 0 unspecified atom stereocenters. The third-order valence-electron chi connectivity index (χ3n) is 12.5. The van der Waals surface area contributed by atoms with Gasteiger partial charge in [0.15, 0.2) is 23.0 Å². The maximum atomic E-state index is 13.9. The van der Waals surface area contributed by atoms with Crippen LogP contribution in [0.2, 0.25) is 0 Å². The Balaban J connectivity index is 0.774. The number of rotatable bonds is 14. The summed E-state index contributed by atoms with van der Waals surface area (Å²) >= 11 is 0. The van der Waals surface area contributed by atoms with Gasteiger partial charge in [0.05, 0.1) is 62.0 Å². The van der Waals surface area contributed by atoms with Gasteiger partial charge in [-0.3, -0.25) is 19.6 Å². The first-order chi connectivity index (χ1) is 30.3. The highest BCUT2D eigenvalue weighted by Gasteiger charge is 2.35. The van der Waals surface area contributed by atoms with E-state index in [4.69, 9.17) is 28.9 Å². The number of nitrogens with zero attached hydrogens (tertiary/aromatic N) is 6. The lowest BCUT2D eigenvalue weighted by molar-refractivity contribution is 0.0809. The number of amides is 2. The fraction of sp³-hybridized carbons (Fsp3) is 0.360. The Labute approximate surface area is 363 Å². The highest BCUT2D eigenvalue weighted by molar-refractivity contribution is 6.06. The highest BCUT2D eigenvalue weighted by Crippen LogP contribution is 2.42. The third kappa shape index (κ3) is 8.31. The van der Waals surface area contributed by atoms with Gasteiger partial charge in [-0.25, -0.2) is 0 Å². The van der Waals surface area contributed by atoms with Gasteiger partial charge in [0.25, 0.3) is 11.8 Å². The van der Waals surface area contributed by atoms with Crippen LogP contribution in [0.15, 0.2) is 95.2 Å². The molecule has 0 aliphatic carbocycles. The number of aryl methyl sites for hydroxylation is 1. The number of methoxy groups -OCH3 is 2. The first-order valence-corrected chi connectivity index (χ1v) is 21.8. The van der Waals surface area contributed by atoms with Crippen LogP contribution in [-0.2, 0) is 6.42 Å². The second-order valence-electron chi connectivity index (χ2n) is 16.5. The van der Waals surface area contributed by atoms with Crippen LogP contribution in [0.4, 0.5) is 17.1 Å². The molecule has 0 spiro atoms. The Morgan fingerprint density at radius 3 is 1.71 bits per heavy atom. The van der Waals surface area contributed by atoms with Crippen LogP contribution in [-0.4, -0.2) is 112 Å². The summed E-state index contributed by atoms with van der Waals surface area (Å²) in [6, 6.07) is 24.0. The lowest BCUT2D eigenvalue weighted by Crippen LogP contribution is -2.44. The first kappa shape index (κ1) is 41.0. The number of aliphatic imine (C=N–C) groups is 2. The second kappa shape index (κ2) is 17.9. The van der Waals surface area contributed by atoms with Crippen molar-refractivity contribution < 1.29 is 28.5 Å². The van der Waals surface area contributed by atoms with Gasteiger partial charge in [-0.2, -0.15) is 0 Å². The van der Waals surface area contributed by atoms with Gasteiger partial charge in [0, 0.05) is 81.7 Å². The molecule has 0 aromatic heterocycles. The molecule has 0 bridgehead atoms. The molecule has 5 aliphatic heterocycles. The fourth-order valence-electron chi connectivity index (χ4n) is 8.83. The molecule has 2 amide bonds. The Kier molecular flexibility index (Phi) is 11.8. The Bertz CT molecular complexity index is 2470. The van der Waals surface area contributed by atoms with E-state index >= 15 is 0 Å². The van der Waals surface area contributed by atoms with Gasteiger partial charge in [0.1, 0.15) is 0 Å². The van der Waals surface area contributed by atoms with E-state index in [0.717, 1.165) is 74.1 Å². The van der Waals surface area contributed by atoms with Crippen LogP contribution in [0.25, 0.3) is 11.1 Å². The molecular formula is C50H54N6O6. The second-order valence-corrected chi connectivity index (χ2v) is 16.5. The first-order valence-electron chi connectivity index (χ1n) is 21.8. The molecule has 1 saturated heterocycles. The van der Waals surface area contributed by atoms with E-state index in [-0.39, 0.29) is 23.9 Å². The van der Waals surface area contributed by atoms with Crippen LogP contribution in [0.1, 0.15) is 76.4 Å². The topological polar surface area (TPSA) is 109 Å². The zero-order valence-electron chi connectivity index (χ0n) is 36.0. The summed E-state index contributed by atoms with van der Waals surface area (Å²) in [5.41, 5.74) is 9.11. The van der Waals surface area contributed by atoms with E-state index in [1.165, 1.54) is 11.3 Å². The van der Waals surface area contributed by atoms with E-state index in [1.807, 2.05) is 24.8 Å². The quantitative estimate of drug-likeness (QED) is 0.116. The van der Waals surface area contributed by atoms with Crippen LogP contribution in [0, 0.1) is 0 Å². The molecule has 0 N–H and O–H groups in total. The van der Waals surface area contributed by atoms with E-state index in [2.05, 4.69) is 72.3 Å². The van der Waals surface area contributed by atoms with Crippen LogP contribution in [0.5, 0.6) is 23.0 Å². The lowest BCUT2D eigenvalue weighted by atomic mass is 10.00. The molecule has 4 aromatic carbocycles. The number of carbonyl (C=O) groups is 2. The van der Waals surface area contributed by atoms with E-state index in [9.17, 15) is 9.59 Å². The van der Waals surface area contributed by atoms with Crippen molar-refractivity contribution in [2.75, 3.05) is 65.6 Å². The van der Waals surface area contributed by atoms with E-state index < -0.39 is 0 Å². The molecule has 62 heavy (non-hydrogen) atoms. The van der Waals surface area contributed by atoms with Crippen LogP contribution < -0.4 is 23.8 Å². The standard InChI is InChI=1S/C50H54N6O6/c1-5-33-10-9-11-35(22-33)37-24-40-30-52-44-28-48(46(60-4)26-42(44)50(58)56(40)32-37)62-21-8-6-7-20-61-47-27-43-41(25-45(47)59-3)49(57)55-31-36(23-39(55)29-51-43)34-12-14-38(15-13-34)54-18-16-53(2)17-19-54/h9-15,22,25-32,39-40H,5-8,16-21,23-24H2,1-4H3/t39-,40-/m0/s1. The normalized spacial score (nSPS) is 19.3. The summed E-state index contributed by atoms with van der Waals surface area (Å²) < 4.78 is 23.8. The highest BCUT2D eigenvalue weighted by atomic mass is 16.5. The number of piperazine rings is 1. The molecule has 5 heterocycles. The molecule has 0 radical (unpaired) electrons. The number of ether oxygens (including phenoxy) is 4. The summed E-state index contributed by atoms with van der Waals surface area (Å²) in [7, 11) is 5.33. The number of unbranched alkanes of at least 4 members (excludes halogenated alkanes) is 2. The molecule has 1 fully saturated rings. The molecule has 2 atom stereocenters. The minimum absolute atomic E-state index is 0.108. The SMILES string of the molecule is CCc1cccc(C2=CN3C(=O)c4cc(OC)c(OCCCCCOc5cc6c(cc5OC)C(=O)N5C=C(c7ccc(N8CCN(C)CC8)cc7)C[C@H]5C=N6)cc4N=C[C@@H]3C2)c1. The molecule has 320 valence electrons. The molecule has 9 rings (SSSR count). The third-order valence-corrected chi connectivity index (χ3v) is 12.5. The lowest BCUT2D eigenvalue weighted by Gasteiger charge is -2.34. The smallest absolute Gasteiger partial charge is 0.260 e.